The van der Waals surface area contributed by atoms with Gasteiger partial charge in [-0.1, -0.05) is 108 Å². The molecule has 3 aromatic heterocycles. The fourth-order valence-electron chi connectivity index (χ4n) is 12.0. The molecule has 2 saturated heterocycles. The Morgan fingerprint density at radius 1 is 0.818 bits per heavy atom. The first-order chi connectivity index (χ1) is 41.6. The van der Waals surface area contributed by atoms with Crippen molar-refractivity contribution in [2.45, 2.75) is 267 Å². The number of benzene rings is 2. The van der Waals surface area contributed by atoms with Gasteiger partial charge in [0.15, 0.2) is 5.65 Å². The van der Waals surface area contributed by atoms with Gasteiger partial charge in [0.25, 0.3) is 23.8 Å². The Morgan fingerprint density at radius 2 is 1.39 bits per heavy atom. The standard InChI is InChI=1S/C29H36F2N4O.C12H21F2N.C10H10F4N2.C8H8F2.C3H8.C2H6B.C2H4O.C2H6/c1-6-7-22(32)26-18(4)8-11-24(19(26)5)35-25(16-17(2)3)34-27-21(28(35)36)9-10-23(33-27)20-12-14-29(30,31)15-13-20;1-2-3-4-7-15-10-5-6-11(15)9-12(13,14)8-10;1-2-16-8-6(7(15-16)9(11)12)4-3-5(4)10(8,13)14;1-2-6-3-7(9)5-8(10)4-6;2*1-3-2;1-2-3;1-2/h8-11,17,20,32H,6-7,12-16H2,1-5H3;10-11H,2-9H2,1H3;4-5,9H,2-3H2,1H3;3-5H,2H2,1H3;3H2,1-2H3;1-2H3;2H,1H3;1-2H3/t;10-,11+;;;;;;. The van der Waals surface area contributed by atoms with Crippen LogP contribution in [0.25, 0.3) is 16.7 Å². The number of aromatic nitrogens is 5. The molecule has 88 heavy (non-hydrogen) atoms. The molecule has 1 N–H and O–H groups in total. The Kier molecular flexibility index (Phi) is 31.3. The number of pyridine rings is 1. The number of halogens is 10. The van der Waals surface area contributed by atoms with Gasteiger partial charge in [-0.05, 0) is 144 Å². The van der Waals surface area contributed by atoms with Crippen molar-refractivity contribution in [3.8, 4) is 5.69 Å². The maximum Gasteiger partial charge on any atom is 0.293 e. The first-order valence-corrected chi connectivity index (χ1v) is 32.1. The van der Waals surface area contributed by atoms with Crippen LogP contribution in [0, 0.1) is 42.7 Å². The van der Waals surface area contributed by atoms with Crippen LogP contribution < -0.4 is 5.56 Å². The summed E-state index contributed by atoms with van der Waals surface area (Å²) in [5.74, 6) is -9.28. The second-order valence-corrected chi connectivity index (χ2v) is 23.7. The van der Waals surface area contributed by atoms with Crippen LogP contribution in [0.4, 0.5) is 43.9 Å². The molecule has 2 bridgehead atoms. The van der Waals surface area contributed by atoms with Gasteiger partial charge in [0, 0.05) is 91.2 Å². The Morgan fingerprint density at radius 3 is 1.89 bits per heavy atom. The third-order valence-electron chi connectivity index (χ3n) is 15.9. The summed E-state index contributed by atoms with van der Waals surface area (Å²) in [5, 5.41) is 12.6. The summed E-state index contributed by atoms with van der Waals surface area (Å²) in [6.45, 7) is 30.8. The lowest BCUT2D eigenvalue weighted by Crippen LogP contribution is -2.47. The van der Waals surface area contributed by atoms with E-state index in [4.69, 9.17) is 20.2 Å². The minimum Gasteiger partial charge on any atom is -0.305 e. The van der Waals surface area contributed by atoms with E-state index in [9.17, 15) is 48.7 Å². The van der Waals surface area contributed by atoms with Gasteiger partial charge in [0.1, 0.15) is 42.4 Å². The van der Waals surface area contributed by atoms with E-state index in [1.807, 2.05) is 67.7 Å². The highest BCUT2D eigenvalue weighted by Gasteiger charge is 2.67. The molecule has 9 nitrogen and oxygen atoms in total. The summed E-state index contributed by atoms with van der Waals surface area (Å²) in [6, 6.07) is 11.4. The molecule has 2 unspecified atom stereocenters. The van der Waals surface area contributed by atoms with Crippen LogP contribution in [0.5, 0.6) is 0 Å². The number of alkyl halides is 8. The van der Waals surface area contributed by atoms with E-state index in [1.54, 1.807) is 23.6 Å². The smallest absolute Gasteiger partial charge is 0.293 e. The quantitative estimate of drug-likeness (QED) is 0.0390. The van der Waals surface area contributed by atoms with Crippen LogP contribution in [0.15, 0.2) is 47.3 Å². The van der Waals surface area contributed by atoms with E-state index in [1.165, 1.54) is 44.7 Å². The highest BCUT2D eigenvalue weighted by molar-refractivity contribution is 6.31. The van der Waals surface area contributed by atoms with E-state index in [-0.39, 0.29) is 73.0 Å². The van der Waals surface area contributed by atoms with E-state index in [0.29, 0.717) is 66.7 Å². The molecule has 5 aromatic rings. The number of rotatable bonds is 14. The van der Waals surface area contributed by atoms with Crippen molar-refractivity contribution in [2.75, 3.05) is 6.54 Å². The molecule has 10 rings (SSSR count). The monoisotopic (exact) mass is 1250 g/mol. The van der Waals surface area contributed by atoms with Crippen LogP contribution >= 0.6 is 0 Å². The molecule has 2 aromatic carbocycles. The maximum absolute atomic E-state index is 13.9. The number of hydrogen-bond donors (Lipinski definition) is 1. The normalized spacial score (nSPS) is 19.5. The molecule has 5 heterocycles. The maximum atomic E-state index is 13.9. The zero-order chi connectivity index (χ0) is 66.4. The van der Waals surface area contributed by atoms with Crippen molar-refractivity contribution in [2.24, 2.45) is 11.8 Å². The van der Waals surface area contributed by atoms with Gasteiger partial charge in [-0.2, -0.15) is 13.9 Å². The average Bonchev–Trinajstić information content (AvgIpc) is 1.52. The van der Waals surface area contributed by atoms with E-state index < -0.39 is 53.4 Å². The molecular formula is C68H99BF10N7O2. The van der Waals surface area contributed by atoms with Gasteiger partial charge in [-0.3, -0.25) is 18.9 Å². The van der Waals surface area contributed by atoms with Gasteiger partial charge in [-0.25, -0.2) is 45.1 Å². The number of piperidine rings is 1. The summed E-state index contributed by atoms with van der Waals surface area (Å²) in [7, 11) is 2.00. The van der Waals surface area contributed by atoms with Crippen LogP contribution in [-0.4, -0.2) is 79.0 Å². The van der Waals surface area contributed by atoms with Crippen LogP contribution in [0.1, 0.15) is 241 Å². The molecule has 491 valence electrons. The minimum absolute atomic E-state index is 0.0433. The largest absolute Gasteiger partial charge is 0.305 e. The minimum atomic E-state index is -2.98. The Hall–Kier alpha value is -5.40. The number of nitrogens with one attached hydrogen (secondary N) is 1. The molecule has 4 atom stereocenters. The van der Waals surface area contributed by atoms with Crippen molar-refractivity contribution in [3.05, 3.63) is 115 Å². The Balaban J connectivity index is 0.000000322. The van der Waals surface area contributed by atoms with Crippen LogP contribution in [0.3, 0.4) is 0 Å². The van der Waals surface area contributed by atoms with Crippen LogP contribution in [0.2, 0.25) is 13.6 Å². The van der Waals surface area contributed by atoms with Gasteiger partial charge in [0.05, 0.1) is 11.1 Å². The third kappa shape index (κ3) is 20.6. The molecule has 4 fully saturated rings. The molecule has 0 spiro atoms. The van der Waals surface area contributed by atoms with Crippen LogP contribution in [-0.2, 0) is 30.1 Å². The van der Waals surface area contributed by atoms with Gasteiger partial charge < -0.3 is 10.2 Å². The molecule has 1 radical (unpaired) electrons. The summed E-state index contributed by atoms with van der Waals surface area (Å²) in [6.07, 6.45) is 8.67. The second-order valence-electron chi connectivity index (χ2n) is 23.7. The van der Waals surface area contributed by atoms with E-state index in [2.05, 4.69) is 51.5 Å². The third-order valence-corrected chi connectivity index (χ3v) is 15.9. The molecule has 20 heteroatoms. The van der Waals surface area contributed by atoms with Crippen molar-refractivity contribution in [1.82, 2.24) is 29.2 Å². The number of hydrogen-bond acceptors (Lipinski definition) is 7. The van der Waals surface area contributed by atoms with Gasteiger partial charge in [-0.15, -0.1) is 0 Å². The summed E-state index contributed by atoms with van der Waals surface area (Å²) in [4.78, 5) is 34.6. The highest BCUT2D eigenvalue weighted by Crippen LogP contribution is 2.68. The fourth-order valence-corrected chi connectivity index (χ4v) is 12.0. The molecule has 5 aliphatic rings. The number of unbranched alkanes of at least 4 members (excludes halogenated alkanes) is 2. The van der Waals surface area contributed by atoms with E-state index >= 15 is 0 Å². The fraction of sp³-hybridized carbons (Fsp3) is 0.647. The number of carbonyl (C=O) groups excluding carboxylic acids is 1. The van der Waals surface area contributed by atoms with Gasteiger partial charge in [0.2, 0.25) is 5.92 Å². The summed E-state index contributed by atoms with van der Waals surface area (Å²) < 4.78 is 134. The molecule has 3 aliphatic carbocycles. The number of aldehydes is 1. The van der Waals surface area contributed by atoms with Crippen molar-refractivity contribution in [3.63, 3.8) is 0 Å². The lowest BCUT2D eigenvalue weighted by atomic mass is 9.84. The number of carbonyl (C=O) groups is 1. The number of aryl methyl sites for hydroxylation is 3. The van der Waals surface area contributed by atoms with Crippen molar-refractivity contribution < 1.29 is 48.7 Å². The van der Waals surface area contributed by atoms with Gasteiger partial charge >= 0.3 is 0 Å². The zero-order valence-corrected chi connectivity index (χ0v) is 55.0. The second kappa shape index (κ2) is 35.9. The first kappa shape index (κ1) is 76.9. The predicted octanol–water partition coefficient (Wildman–Crippen LogP) is 19.5. The molecule has 2 aliphatic heterocycles. The van der Waals surface area contributed by atoms with Crippen molar-refractivity contribution in [1.29, 1.82) is 5.41 Å². The Labute approximate surface area is 518 Å². The Bertz CT molecular complexity index is 2990. The highest BCUT2D eigenvalue weighted by atomic mass is 19.3. The summed E-state index contributed by atoms with van der Waals surface area (Å²) in [5.41, 5.74) is 5.14. The molecule has 2 saturated carbocycles. The topological polar surface area (TPSA) is 110 Å². The zero-order valence-electron chi connectivity index (χ0n) is 55.0. The first-order valence-electron chi connectivity index (χ1n) is 32.1. The number of nitrogens with zero attached hydrogens (tertiary/aromatic N) is 6. The molecule has 0 amide bonds. The van der Waals surface area contributed by atoms with Crippen molar-refractivity contribution >= 4 is 30.3 Å². The number of fused-ring (bicyclic) bond motifs is 6. The van der Waals surface area contributed by atoms with E-state index in [0.717, 1.165) is 70.9 Å². The SMILES string of the molecule is CC.CC=O.CCC.CCCC(=N)c1c(C)ccc(-n2c(CC(C)C)nc3nc(C4CCC(F)(F)CC4)ccc3c2=O)c1C.CCCCCN1[C@@H]2CC[C@H]1CC(F)(F)C2.CCc1cc(F)cc(F)c1.CCn1nc(C(F)F)c2c1C(F)(F)C1CC21.C[B]C. The lowest BCUT2D eigenvalue weighted by molar-refractivity contribution is -0.106. The molecular weight excluding hydrogens is 1150 g/mol. The summed E-state index contributed by atoms with van der Waals surface area (Å²) >= 11 is 0. The average molecular weight is 1250 g/mol. The lowest BCUT2D eigenvalue weighted by Gasteiger charge is -2.38. The predicted molar refractivity (Wildman–Crippen MR) is 338 cm³/mol.